The number of piperazine rings is 1. The number of benzene rings is 1. The fraction of sp³-hybridized carbons (Fsp3) is 0.438. The van der Waals surface area contributed by atoms with Gasteiger partial charge >= 0.3 is 0 Å². The fourth-order valence-corrected chi connectivity index (χ4v) is 2.60. The van der Waals surface area contributed by atoms with Crippen molar-refractivity contribution in [3.8, 4) is 11.4 Å². The van der Waals surface area contributed by atoms with E-state index in [4.69, 9.17) is 4.98 Å². The van der Waals surface area contributed by atoms with Crippen LogP contribution >= 0.6 is 0 Å². The van der Waals surface area contributed by atoms with Crippen LogP contribution in [0, 0.1) is 6.92 Å². The second-order valence-electron chi connectivity index (χ2n) is 5.60. The van der Waals surface area contributed by atoms with Crippen LogP contribution in [0.15, 0.2) is 30.3 Å². The summed E-state index contributed by atoms with van der Waals surface area (Å²) in [5.74, 6) is 0.979. The molecule has 1 aliphatic heterocycles. The molecular formula is C16H22N4. The highest BCUT2D eigenvalue weighted by atomic mass is 15.2. The van der Waals surface area contributed by atoms with Gasteiger partial charge in [0.2, 0.25) is 0 Å². The Hall–Kier alpha value is -1.65. The molecule has 0 saturated carbocycles. The lowest BCUT2D eigenvalue weighted by molar-refractivity contribution is 0.147. The molecule has 0 radical (unpaired) electrons. The average molecular weight is 270 g/mol. The first kappa shape index (κ1) is 13.3. The number of rotatable bonds is 3. The average Bonchev–Trinajstić information content (AvgIpc) is 2.84. The summed E-state index contributed by atoms with van der Waals surface area (Å²) in [5, 5.41) is 0. The van der Waals surface area contributed by atoms with E-state index < -0.39 is 0 Å². The van der Waals surface area contributed by atoms with Crippen molar-refractivity contribution >= 4 is 0 Å². The van der Waals surface area contributed by atoms with Crippen molar-refractivity contribution in [1.82, 2.24) is 19.8 Å². The van der Waals surface area contributed by atoms with E-state index in [-0.39, 0.29) is 0 Å². The van der Waals surface area contributed by atoms with Crippen molar-refractivity contribution in [1.29, 1.82) is 0 Å². The minimum Gasteiger partial charge on any atom is -0.342 e. The summed E-state index contributed by atoms with van der Waals surface area (Å²) in [4.78, 5) is 13.1. The fourth-order valence-electron chi connectivity index (χ4n) is 2.60. The molecule has 1 saturated heterocycles. The Bertz CT molecular complexity index is 553. The predicted molar refractivity (Wildman–Crippen MR) is 81.5 cm³/mol. The van der Waals surface area contributed by atoms with Crippen LogP contribution in [0.2, 0.25) is 0 Å². The Labute approximate surface area is 120 Å². The van der Waals surface area contributed by atoms with Crippen LogP contribution < -0.4 is 0 Å². The predicted octanol–water partition coefficient (Wildman–Crippen LogP) is 2.13. The van der Waals surface area contributed by atoms with Gasteiger partial charge in [0.25, 0.3) is 0 Å². The molecule has 0 bridgehead atoms. The molecule has 2 aromatic rings. The minimum atomic E-state index is 0.947. The summed E-state index contributed by atoms with van der Waals surface area (Å²) in [6, 6.07) is 10.3. The van der Waals surface area contributed by atoms with E-state index in [2.05, 4.69) is 40.9 Å². The Balaban J connectivity index is 1.73. The Morgan fingerprint density at radius 3 is 2.50 bits per heavy atom. The van der Waals surface area contributed by atoms with Crippen molar-refractivity contribution in [2.24, 2.45) is 0 Å². The Kier molecular flexibility index (Phi) is 3.85. The number of nitrogens with one attached hydrogen (secondary N) is 1. The van der Waals surface area contributed by atoms with Crippen molar-refractivity contribution < 1.29 is 0 Å². The number of H-pyrrole nitrogens is 1. The molecule has 0 spiro atoms. The third-order valence-corrected chi connectivity index (χ3v) is 4.00. The molecule has 0 amide bonds. The molecule has 1 fully saturated rings. The lowest BCUT2D eigenvalue weighted by Crippen LogP contribution is -2.44. The van der Waals surface area contributed by atoms with Gasteiger partial charge in [-0.15, -0.1) is 0 Å². The van der Waals surface area contributed by atoms with E-state index >= 15 is 0 Å². The summed E-state index contributed by atoms with van der Waals surface area (Å²) in [7, 11) is 2.19. The van der Waals surface area contributed by atoms with Gasteiger partial charge in [-0.05, 0) is 14.0 Å². The first-order valence-electron chi connectivity index (χ1n) is 7.24. The smallest absolute Gasteiger partial charge is 0.137 e. The van der Waals surface area contributed by atoms with E-state index in [1.165, 1.54) is 11.4 Å². The number of hydrogen-bond donors (Lipinski definition) is 1. The molecule has 1 N–H and O–H groups in total. The number of nitrogens with zero attached hydrogens (tertiary/aromatic N) is 3. The standard InChI is InChI=1S/C16H22N4/c1-13-15(12-20-10-8-19(2)9-11-20)18-16(17-13)14-6-4-3-5-7-14/h3-7H,8-12H2,1-2H3,(H,17,18). The quantitative estimate of drug-likeness (QED) is 0.928. The van der Waals surface area contributed by atoms with Crippen molar-refractivity contribution in [2.75, 3.05) is 33.2 Å². The second kappa shape index (κ2) is 5.77. The third-order valence-electron chi connectivity index (χ3n) is 4.00. The van der Waals surface area contributed by atoms with E-state index in [0.29, 0.717) is 0 Å². The molecule has 1 aliphatic rings. The van der Waals surface area contributed by atoms with E-state index in [1.54, 1.807) is 0 Å². The number of hydrogen-bond acceptors (Lipinski definition) is 3. The van der Waals surface area contributed by atoms with Crippen LogP contribution in [0.4, 0.5) is 0 Å². The molecule has 1 aromatic heterocycles. The van der Waals surface area contributed by atoms with Crippen molar-refractivity contribution in [3.05, 3.63) is 41.7 Å². The SMILES string of the molecule is Cc1[nH]c(-c2ccccc2)nc1CN1CCN(C)CC1. The van der Waals surface area contributed by atoms with E-state index in [1.807, 2.05) is 18.2 Å². The van der Waals surface area contributed by atoms with E-state index in [0.717, 1.165) is 44.1 Å². The van der Waals surface area contributed by atoms with Crippen molar-refractivity contribution in [3.63, 3.8) is 0 Å². The van der Waals surface area contributed by atoms with Gasteiger partial charge in [-0.2, -0.15) is 0 Å². The molecule has 3 rings (SSSR count). The molecule has 0 unspecified atom stereocenters. The van der Waals surface area contributed by atoms with Gasteiger partial charge in [-0.1, -0.05) is 30.3 Å². The highest BCUT2D eigenvalue weighted by Crippen LogP contribution is 2.18. The highest BCUT2D eigenvalue weighted by Gasteiger charge is 2.16. The monoisotopic (exact) mass is 270 g/mol. The summed E-state index contributed by atoms with van der Waals surface area (Å²) < 4.78 is 0. The van der Waals surface area contributed by atoms with E-state index in [9.17, 15) is 0 Å². The summed E-state index contributed by atoms with van der Waals surface area (Å²) >= 11 is 0. The lowest BCUT2D eigenvalue weighted by atomic mass is 10.2. The maximum absolute atomic E-state index is 4.78. The molecule has 106 valence electrons. The molecule has 4 heteroatoms. The normalized spacial score (nSPS) is 17.5. The zero-order chi connectivity index (χ0) is 13.9. The largest absolute Gasteiger partial charge is 0.342 e. The molecule has 0 atom stereocenters. The maximum atomic E-state index is 4.78. The topological polar surface area (TPSA) is 35.2 Å². The van der Waals surface area contributed by atoms with Gasteiger partial charge in [0.05, 0.1) is 5.69 Å². The molecular weight excluding hydrogens is 248 g/mol. The summed E-state index contributed by atoms with van der Waals surface area (Å²) in [6.07, 6.45) is 0. The number of aromatic nitrogens is 2. The first-order valence-corrected chi connectivity index (χ1v) is 7.24. The van der Waals surface area contributed by atoms with Crippen LogP contribution in [0.5, 0.6) is 0 Å². The van der Waals surface area contributed by atoms with Crippen LogP contribution in [0.3, 0.4) is 0 Å². The summed E-state index contributed by atoms with van der Waals surface area (Å²) in [6.45, 7) is 7.62. The minimum absolute atomic E-state index is 0.947. The molecule has 20 heavy (non-hydrogen) atoms. The third kappa shape index (κ3) is 2.92. The van der Waals surface area contributed by atoms with Gasteiger partial charge in [0.1, 0.15) is 5.82 Å². The first-order chi connectivity index (χ1) is 9.72. The Morgan fingerprint density at radius 1 is 1.10 bits per heavy atom. The zero-order valence-corrected chi connectivity index (χ0v) is 12.3. The van der Waals surface area contributed by atoms with Gasteiger partial charge < -0.3 is 9.88 Å². The number of imidazole rings is 1. The van der Waals surface area contributed by atoms with Crippen LogP contribution in [-0.2, 0) is 6.54 Å². The maximum Gasteiger partial charge on any atom is 0.137 e. The molecule has 4 nitrogen and oxygen atoms in total. The van der Waals surface area contributed by atoms with Crippen molar-refractivity contribution in [2.45, 2.75) is 13.5 Å². The number of aromatic amines is 1. The Morgan fingerprint density at radius 2 is 1.80 bits per heavy atom. The second-order valence-corrected chi connectivity index (χ2v) is 5.60. The van der Waals surface area contributed by atoms with Crippen LogP contribution in [0.25, 0.3) is 11.4 Å². The lowest BCUT2D eigenvalue weighted by Gasteiger charge is -2.31. The van der Waals surface area contributed by atoms with Crippen LogP contribution in [-0.4, -0.2) is 53.0 Å². The van der Waals surface area contributed by atoms with Gasteiger partial charge in [0.15, 0.2) is 0 Å². The van der Waals surface area contributed by atoms with Gasteiger partial charge in [-0.3, -0.25) is 4.90 Å². The summed E-state index contributed by atoms with van der Waals surface area (Å²) in [5.41, 5.74) is 3.51. The highest BCUT2D eigenvalue weighted by molar-refractivity contribution is 5.55. The van der Waals surface area contributed by atoms with Gasteiger partial charge in [-0.25, -0.2) is 4.98 Å². The zero-order valence-electron chi connectivity index (χ0n) is 12.3. The number of likely N-dealkylation sites (N-methyl/N-ethyl adjacent to an activating group) is 1. The molecule has 1 aromatic carbocycles. The van der Waals surface area contributed by atoms with Gasteiger partial charge in [0, 0.05) is 44.0 Å². The van der Waals surface area contributed by atoms with Crippen LogP contribution in [0.1, 0.15) is 11.4 Å². The number of aryl methyl sites for hydroxylation is 1. The molecule has 0 aliphatic carbocycles. The molecule has 2 heterocycles.